The van der Waals surface area contributed by atoms with Crippen LogP contribution in [0.15, 0.2) is 35.4 Å². The Hall–Kier alpha value is -1.75. The molecule has 0 amide bonds. The standard InChI is InChI=1S/C13H13N3O2S2/c1-2-11-8-15-13(19-11)9-16-20(17,18)12-6-4-3-5-10(12)7-14/h3-6,8,16H,2,9H2,1H3. The predicted octanol–water partition coefficient (Wildman–Crippen LogP) is 2.06. The van der Waals surface area contributed by atoms with Crippen molar-refractivity contribution in [2.45, 2.75) is 24.8 Å². The van der Waals surface area contributed by atoms with Crippen LogP contribution in [0.1, 0.15) is 22.4 Å². The Labute approximate surface area is 122 Å². The van der Waals surface area contributed by atoms with Gasteiger partial charge in [-0.1, -0.05) is 19.1 Å². The van der Waals surface area contributed by atoms with Crippen molar-refractivity contribution in [2.75, 3.05) is 0 Å². The van der Waals surface area contributed by atoms with Crippen molar-refractivity contribution in [3.05, 3.63) is 45.9 Å². The molecular weight excluding hydrogens is 294 g/mol. The molecule has 2 aromatic rings. The van der Waals surface area contributed by atoms with Gasteiger partial charge in [0.1, 0.15) is 11.1 Å². The molecule has 1 N–H and O–H groups in total. The van der Waals surface area contributed by atoms with Gasteiger partial charge in [0.2, 0.25) is 10.0 Å². The van der Waals surface area contributed by atoms with Gasteiger partial charge < -0.3 is 0 Å². The number of nitriles is 1. The number of aromatic nitrogens is 1. The smallest absolute Gasteiger partial charge is 0.242 e. The SMILES string of the molecule is CCc1cnc(CNS(=O)(=O)c2ccccc2C#N)s1. The molecule has 0 fully saturated rings. The lowest BCUT2D eigenvalue weighted by Crippen LogP contribution is -2.24. The van der Waals surface area contributed by atoms with Crippen molar-refractivity contribution >= 4 is 21.4 Å². The predicted molar refractivity (Wildman–Crippen MR) is 76.7 cm³/mol. The van der Waals surface area contributed by atoms with Crippen molar-refractivity contribution in [1.82, 2.24) is 9.71 Å². The van der Waals surface area contributed by atoms with E-state index in [9.17, 15) is 8.42 Å². The van der Waals surface area contributed by atoms with Crippen LogP contribution in [0.2, 0.25) is 0 Å². The van der Waals surface area contributed by atoms with E-state index >= 15 is 0 Å². The summed E-state index contributed by atoms with van der Waals surface area (Å²) in [4.78, 5) is 5.26. The van der Waals surface area contributed by atoms with Crippen molar-refractivity contribution < 1.29 is 8.42 Å². The molecule has 104 valence electrons. The maximum Gasteiger partial charge on any atom is 0.242 e. The highest BCUT2D eigenvalue weighted by molar-refractivity contribution is 7.89. The van der Waals surface area contributed by atoms with E-state index in [1.165, 1.54) is 23.5 Å². The first-order valence-corrected chi connectivity index (χ1v) is 8.29. The minimum absolute atomic E-state index is 0.00484. The van der Waals surface area contributed by atoms with E-state index in [1.54, 1.807) is 18.3 Å². The molecule has 0 radical (unpaired) electrons. The van der Waals surface area contributed by atoms with Crippen LogP contribution in [-0.2, 0) is 23.0 Å². The Morgan fingerprint density at radius 2 is 2.15 bits per heavy atom. The minimum atomic E-state index is -3.70. The highest BCUT2D eigenvalue weighted by atomic mass is 32.2. The summed E-state index contributed by atoms with van der Waals surface area (Å²) in [5.74, 6) is 0. The van der Waals surface area contributed by atoms with Crippen LogP contribution >= 0.6 is 11.3 Å². The summed E-state index contributed by atoms with van der Waals surface area (Å²) in [6.07, 6.45) is 2.62. The lowest BCUT2D eigenvalue weighted by Gasteiger charge is -2.06. The Bertz CT molecular complexity index is 745. The van der Waals surface area contributed by atoms with Gasteiger partial charge in [0.25, 0.3) is 0 Å². The van der Waals surface area contributed by atoms with E-state index in [0.717, 1.165) is 11.3 Å². The Kier molecular flexibility index (Phi) is 4.49. The topological polar surface area (TPSA) is 82.8 Å². The number of nitrogens with one attached hydrogen (secondary N) is 1. The van der Waals surface area contributed by atoms with E-state index in [0.29, 0.717) is 5.01 Å². The lowest BCUT2D eigenvalue weighted by molar-refractivity contribution is 0.581. The monoisotopic (exact) mass is 307 g/mol. The molecule has 0 saturated carbocycles. The van der Waals surface area contributed by atoms with E-state index in [2.05, 4.69) is 9.71 Å². The number of hydrogen-bond donors (Lipinski definition) is 1. The molecule has 5 nitrogen and oxygen atoms in total. The highest BCUT2D eigenvalue weighted by Crippen LogP contribution is 2.16. The number of sulfonamides is 1. The molecule has 20 heavy (non-hydrogen) atoms. The fourth-order valence-electron chi connectivity index (χ4n) is 1.62. The second kappa shape index (κ2) is 6.13. The first-order chi connectivity index (χ1) is 9.56. The molecule has 1 heterocycles. The molecule has 0 aliphatic heterocycles. The van der Waals surface area contributed by atoms with Gasteiger partial charge >= 0.3 is 0 Å². The third-order valence-corrected chi connectivity index (χ3v) is 5.26. The van der Waals surface area contributed by atoms with E-state index < -0.39 is 10.0 Å². The quantitative estimate of drug-likeness (QED) is 0.916. The minimum Gasteiger partial charge on any atom is -0.248 e. The molecule has 1 aromatic carbocycles. The zero-order chi connectivity index (χ0) is 14.6. The first-order valence-electron chi connectivity index (χ1n) is 5.99. The number of rotatable bonds is 5. The van der Waals surface area contributed by atoms with Crippen LogP contribution in [-0.4, -0.2) is 13.4 Å². The Morgan fingerprint density at radius 1 is 1.40 bits per heavy atom. The number of aryl methyl sites for hydroxylation is 1. The zero-order valence-corrected chi connectivity index (χ0v) is 12.5. The summed E-state index contributed by atoms with van der Waals surface area (Å²) in [6, 6.07) is 8.00. The van der Waals surface area contributed by atoms with Gasteiger partial charge in [0, 0.05) is 11.1 Å². The normalized spacial score (nSPS) is 11.2. The highest BCUT2D eigenvalue weighted by Gasteiger charge is 2.18. The summed E-state index contributed by atoms with van der Waals surface area (Å²) in [6.45, 7) is 2.15. The van der Waals surface area contributed by atoms with Crippen LogP contribution in [0.4, 0.5) is 0 Å². The molecule has 2 rings (SSSR count). The first kappa shape index (κ1) is 14.7. The zero-order valence-electron chi connectivity index (χ0n) is 10.8. The van der Waals surface area contributed by atoms with Crippen LogP contribution in [0.25, 0.3) is 0 Å². The van der Waals surface area contributed by atoms with Crippen LogP contribution < -0.4 is 4.72 Å². The molecule has 0 aliphatic carbocycles. The maximum atomic E-state index is 12.2. The summed E-state index contributed by atoms with van der Waals surface area (Å²) in [7, 11) is -3.70. The van der Waals surface area contributed by atoms with Gasteiger partial charge in [-0.05, 0) is 18.6 Å². The van der Waals surface area contributed by atoms with Crippen LogP contribution in [0, 0.1) is 11.3 Å². The van der Waals surface area contributed by atoms with Gasteiger partial charge in [0.05, 0.1) is 17.0 Å². The lowest BCUT2D eigenvalue weighted by atomic mass is 10.2. The van der Waals surface area contributed by atoms with E-state index in [1.807, 2.05) is 13.0 Å². The molecule has 0 saturated heterocycles. The molecule has 0 bridgehead atoms. The van der Waals surface area contributed by atoms with Gasteiger partial charge in [0.15, 0.2) is 0 Å². The average molecular weight is 307 g/mol. The largest absolute Gasteiger partial charge is 0.248 e. The second-order valence-corrected chi connectivity index (χ2v) is 6.94. The molecule has 7 heteroatoms. The summed E-state index contributed by atoms with van der Waals surface area (Å²) in [5, 5.41) is 9.66. The van der Waals surface area contributed by atoms with Gasteiger partial charge in [-0.3, -0.25) is 0 Å². The summed E-state index contributed by atoms with van der Waals surface area (Å²) in [5.41, 5.74) is 0.133. The van der Waals surface area contributed by atoms with Gasteiger partial charge in [-0.15, -0.1) is 11.3 Å². The summed E-state index contributed by atoms with van der Waals surface area (Å²) < 4.78 is 26.8. The molecular formula is C13H13N3O2S2. The molecule has 0 spiro atoms. The van der Waals surface area contributed by atoms with Crippen molar-refractivity contribution in [2.24, 2.45) is 0 Å². The molecule has 0 aliphatic rings. The molecule has 0 unspecified atom stereocenters. The maximum absolute atomic E-state index is 12.2. The fourth-order valence-corrected chi connectivity index (χ4v) is 3.66. The fraction of sp³-hybridized carbons (Fsp3) is 0.231. The van der Waals surface area contributed by atoms with Crippen molar-refractivity contribution in [3.8, 4) is 6.07 Å². The number of nitrogens with zero attached hydrogens (tertiary/aromatic N) is 2. The Balaban J connectivity index is 2.17. The second-order valence-electron chi connectivity index (χ2n) is 4.01. The third kappa shape index (κ3) is 3.22. The van der Waals surface area contributed by atoms with Crippen molar-refractivity contribution in [1.29, 1.82) is 5.26 Å². The van der Waals surface area contributed by atoms with Crippen molar-refractivity contribution in [3.63, 3.8) is 0 Å². The Morgan fingerprint density at radius 3 is 2.80 bits per heavy atom. The van der Waals surface area contributed by atoms with Crippen LogP contribution in [0.3, 0.4) is 0 Å². The van der Waals surface area contributed by atoms with E-state index in [-0.39, 0.29) is 17.0 Å². The molecule has 1 aromatic heterocycles. The average Bonchev–Trinajstić information content (AvgIpc) is 2.93. The number of thiazole rings is 1. The molecule has 0 atom stereocenters. The van der Waals surface area contributed by atoms with Crippen LogP contribution in [0.5, 0.6) is 0 Å². The summed E-state index contributed by atoms with van der Waals surface area (Å²) >= 11 is 1.48. The van der Waals surface area contributed by atoms with Gasteiger partial charge in [-0.2, -0.15) is 5.26 Å². The number of hydrogen-bond acceptors (Lipinski definition) is 5. The number of benzene rings is 1. The van der Waals surface area contributed by atoms with E-state index in [4.69, 9.17) is 5.26 Å². The third-order valence-electron chi connectivity index (χ3n) is 2.66. The van der Waals surface area contributed by atoms with Gasteiger partial charge in [-0.25, -0.2) is 18.1 Å².